The number of nitrogens with zero attached hydrogens (tertiary/aromatic N) is 3. The average Bonchev–Trinajstić information content (AvgIpc) is 2.84. The molecule has 2 aromatic carbocycles. The molecule has 0 amide bonds. The van der Waals surface area contributed by atoms with E-state index in [1.54, 1.807) is 12.1 Å². The molecule has 0 saturated carbocycles. The summed E-state index contributed by atoms with van der Waals surface area (Å²) in [6.45, 7) is 8.11. The van der Waals surface area contributed by atoms with Crippen LogP contribution in [0.1, 0.15) is 24.2 Å². The van der Waals surface area contributed by atoms with Gasteiger partial charge in [-0.15, -0.1) is 0 Å². The third-order valence-corrected chi connectivity index (χ3v) is 6.94. The number of hydrogen-bond acceptors (Lipinski definition) is 6. The van der Waals surface area contributed by atoms with E-state index in [1.165, 1.54) is 16.7 Å². The van der Waals surface area contributed by atoms with Gasteiger partial charge in [0.1, 0.15) is 17.2 Å². The van der Waals surface area contributed by atoms with E-state index in [1.807, 2.05) is 11.8 Å². The fraction of sp³-hybridized carbons (Fsp3) is 0.385. The van der Waals surface area contributed by atoms with Crippen LogP contribution in [0.3, 0.4) is 0 Å². The second-order valence-electron chi connectivity index (χ2n) is 9.61. The largest absolute Gasteiger partial charge is 0.477 e. The molecule has 2 saturated heterocycles. The number of aromatic nitrogens is 1. The number of anilines is 2. The third kappa shape index (κ3) is 4.42. The number of carboxylic acids is 1. The molecule has 2 unspecified atom stereocenters. The molecule has 190 valence electrons. The summed E-state index contributed by atoms with van der Waals surface area (Å²) in [6, 6.07) is 7.76. The topological polar surface area (TPSA) is 89.8 Å². The van der Waals surface area contributed by atoms with E-state index in [0.29, 0.717) is 25.3 Å². The first kappa shape index (κ1) is 24.2. The maximum atomic E-state index is 15.6. The molecule has 1 aromatic heterocycles. The fourth-order valence-electron chi connectivity index (χ4n) is 5.13. The highest BCUT2D eigenvalue weighted by molar-refractivity contribution is 5.94. The van der Waals surface area contributed by atoms with E-state index in [0.717, 1.165) is 37.6 Å². The number of nitrogens with one attached hydrogen (secondary N) is 2. The van der Waals surface area contributed by atoms with Crippen LogP contribution in [0.2, 0.25) is 0 Å². The molecule has 2 aliphatic rings. The molecular weight excluding hydrogens is 468 g/mol. The fourth-order valence-corrected chi connectivity index (χ4v) is 5.13. The molecule has 0 aliphatic carbocycles. The quantitative estimate of drug-likeness (QED) is 0.511. The minimum absolute atomic E-state index is 0.0840. The Kier molecular flexibility index (Phi) is 6.40. The van der Waals surface area contributed by atoms with Gasteiger partial charge in [0.15, 0.2) is 0 Å². The number of aromatic carboxylic acids is 1. The number of carboxylic acid groups (broad SMARTS) is 1. The van der Waals surface area contributed by atoms with Gasteiger partial charge in [0.05, 0.1) is 16.9 Å². The highest BCUT2D eigenvalue weighted by Crippen LogP contribution is 2.30. The van der Waals surface area contributed by atoms with Crippen LogP contribution in [0.15, 0.2) is 41.3 Å². The van der Waals surface area contributed by atoms with Crippen molar-refractivity contribution in [1.29, 1.82) is 0 Å². The van der Waals surface area contributed by atoms with Gasteiger partial charge in [-0.05, 0) is 44.2 Å². The molecular formula is C26H29F2N5O3. The van der Waals surface area contributed by atoms with E-state index in [-0.39, 0.29) is 28.7 Å². The number of carbonyl (C=O) groups is 1. The summed E-state index contributed by atoms with van der Waals surface area (Å²) < 4.78 is 32.1. The lowest BCUT2D eigenvalue weighted by atomic mass is 10.1. The predicted octanol–water partition coefficient (Wildman–Crippen LogP) is 2.56. The van der Waals surface area contributed by atoms with Crippen molar-refractivity contribution in [1.82, 2.24) is 15.2 Å². The Morgan fingerprint density at radius 2 is 1.58 bits per heavy atom. The molecule has 2 aliphatic heterocycles. The number of pyridine rings is 1. The van der Waals surface area contributed by atoms with E-state index in [4.69, 9.17) is 0 Å². The molecule has 0 bridgehead atoms. The van der Waals surface area contributed by atoms with Crippen LogP contribution >= 0.6 is 0 Å². The highest BCUT2D eigenvalue weighted by Gasteiger charge is 2.24. The first-order chi connectivity index (χ1) is 17.2. The number of hydrogen-bond donors (Lipinski definition) is 3. The Balaban J connectivity index is 1.67. The summed E-state index contributed by atoms with van der Waals surface area (Å²) in [6.07, 6.45) is 1.13. The average molecular weight is 498 g/mol. The Labute approximate surface area is 207 Å². The van der Waals surface area contributed by atoms with Crippen molar-refractivity contribution >= 4 is 28.2 Å². The second kappa shape index (κ2) is 9.51. The van der Waals surface area contributed by atoms with Crippen molar-refractivity contribution in [3.05, 3.63) is 63.9 Å². The van der Waals surface area contributed by atoms with E-state index < -0.39 is 28.6 Å². The summed E-state index contributed by atoms with van der Waals surface area (Å²) in [5, 5.41) is 16.2. The number of piperazine rings is 2. The van der Waals surface area contributed by atoms with Gasteiger partial charge in [0, 0.05) is 68.6 Å². The molecule has 10 heteroatoms. The van der Waals surface area contributed by atoms with E-state index >= 15 is 8.78 Å². The molecule has 0 radical (unpaired) electrons. The first-order valence-electron chi connectivity index (χ1n) is 12.1. The van der Waals surface area contributed by atoms with Crippen LogP contribution in [0.4, 0.5) is 20.2 Å². The van der Waals surface area contributed by atoms with Gasteiger partial charge in [0.2, 0.25) is 5.43 Å². The van der Waals surface area contributed by atoms with Crippen LogP contribution in [0.25, 0.3) is 16.6 Å². The Morgan fingerprint density at radius 1 is 0.944 bits per heavy atom. The minimum atomic E-state index is -1.46. The molecule has 2 atom stereocenters. The molecule has 36 heavy (non-hydrogen) atoms. The summed E-state index contributed by atoms with van der Waals surface area (Å²) >= 11 is 0. The van der Waals surface area contributed by atoms with Gasteiger partial charge in [-0.1, -0.05) is 0 Å². The molecule has 2 fully saturated rings. The van der Waals surface area contributed by atoms with Crippen molar-refractivity contribution in [3.63, 3.8) is 0 Å². The first-order valence-corrected chi connectivity index (χ1v) is 12.1. The summed E-state index contributed by atoms with van der Waals surface area (Å²) in [5.41, 5.74) is -0.0193. The van der Waals surface area contributed by atoms with Crippen molar-refractivity contribution in [2.75, 3.05) is 49.1 Å². The lowest BCUT2D eigenvalue weighted by Crippen LogP contribution is -2.49. The number of halogens is 2. The standard InChI is InChI=1S/C26H29F2N5O3/c1-15-12-31(7-5-29-15)17-3-4-22(20(27)9-17)33-14-19(26(35)36)25(34)18-10-21(28)24(11-23(18)33)32-8-6-30-16(2)13-32/h3-4,9-11,14-16,29-30H,5-8,12-13H2,1-2H3,(H,35,36). The number of fused-ring (bicyclic) bond motifs is 1. The zero-order valence-electron chi connectivity index (χ0n) is 20.2. The number of rotatable bonds is 4. The summed E-state index contributed by atoms with van der Waals surface area (Å²) in [7, 11) is 0. The van der Waals surface area contributed by atoms with Crippen LogP contribution in [0.5, 0.6) is 0 Å². The zero-order chi connectivity index (χ0) is 25.6. The predicted molar refractivity (Wildman–Crippen MR) is 136 cm³/mol. The Hall–Kier alpha value is -3.50. The highest BCUT2D eigenvalue weighted by atomic mass is 19.1. The Morgan fingerprint density at radius 3 is 2.22 bits per heavy atom. The molecule has 3 aromatic rings. The van der Waals surface area contributed by atoms with Crippen LogP contribution in [-0.2, 0) is 0 Å². The maximum absolute atomic E-state index is 15.6. The summed E-state index contributed by atoms with van der Waals surface area (Å²) in [5.74, 6) is -2.64. The van der Waals surface area contributed by atoms with Gasteiger partial charge in [-0.25, -0.2) is 13.6 Å². The maximum Gasteiger partial charge on any atom is 0.341 e. The van der Waals surface area contributed by atoms with Gasteiger partial charge < -0.3 is 30.1 Å². The molecule has 5 rings (SSSR count). The molecule has 3 N–H and O–H groups in total. The monoisotopic (exact) mass is 497 g/mol. The SMILES string of the molecule is CC1CN(c2ccc(-n3cc(C(=O)O)c(=O)c4cc(F)c(N5CCNC(C)C5)cc43)c(F)c2)CCN1. The lowest BCUT2D eigenvalue weighted by molar-refractivity contribution is 0.0695. The summed E-state index contributed by atoms with van der Waals surface area (Å²) in [4.78, 5) is 28.7. The van der Waals surface area contributed by atoms with Crippen molar-refractivity contribution in [2.45, 2.75) is 25.9 Å². The van der Waals surface area contributed by atoms with Crippen molar-refractivity contribution in [2.24, 2.45) is 0 Å². The normalized spacial score (nSPS) is 20.7. The number of benzene rings is 2. The zero-order valence-corrected chi connectivity index (χ0v) is 20.2. The van der Waals surface area contributed by atoms with Gasteiger partial charge in [-0.2, -0.15) is 0 Å². The lowest BCUT2D eigenvalue weighted by Gasteiger charge is -2.34. The van der Waals surface area contributed by atoms with E-state index in [9.17, 15) is 14.7 Å². The van der Waals surface area contributed by atoms with Crippen LogP contribution < -0.4 is 25.9 Å². The second-order valence-corrected chi connectivity index (χ2v) is 9.61. The van der Waals surface area contributed by atoms with Crippen LogP contribution in [0, 0.1) is 11.6 Å². The van der Waals surface area contributed by atoms with Crippen molar-refractivity contribution < 1.29 is 18.7 Å². The van der Waals surface area contributed by atoms with Crippen LogP contribution in [-0.4, -0.2) is 67.0 Å². The molecule has 8 nitrogen and oxygen atoms in total. The van der Waals surface area contributed by atoms with Gasteiger partial charge in [-0.3, -0.25) is 4.79 Å². The van der Waals surface area contributed by atoms with Gasteiger partial charge in [0.25, 0.3) is 0 Å². The van der Waals surface area contributed by atoms with E-state index in [2.05, 4.69) is 22.5 Å². The smallest absolute Gasteiger partial charge is 0.341 e. The molecule has 3 heterocycles. The van der Waals surface area contributed by atoms with Crippen molar-refractivity contribution in [3.8, 4) is 5.69 Å². The van der Waals surface area contributed by atoms with Gasteiger partial charge >= 0.3 is 5.97 Å². The third-order valence-electron chi connectivity index (χ3n) is 6.94. The minimum Gasteiger partial charge on any atom is -0.477 e. The Bertz CT molecular complexity index is 1390. The molecule has 0 spiro atoms.